The second-order valence-electron chi connectivity index (χ2n) is 12.1. The quantitative estimate of drug-likeness (QED) is 0.271. The van der Waals surface area contributed by atoms with Gasteiger partial charge in [-0.15, -0.1) is 0 Å². The minimum absolute atomic E-state index is 0.0972. The second kappa shape index (κ2) is 9.25. The molecule has 1 unspecified atom stereocenters. The molecule has 0 aromatic heterocycles. The Hall–Kier alpha value is -4.08. The number of benzene rings is 4. The second-order valence-corrected chi connectivity index (χ2v) is 12.1. The smallest absolute Gasteiger partial charge is 0.166 e. The van der Waals surface area contributed by atoms with Gasteiger partial charge in [-0.05, 0) is 57.0 Å². The fourth-order valence-corrected chi connectivity index (χ4v) is 7.03. The van der Waals surface area contributed by atoms with Crippen LogP contribution in [0.2, 0.25) is 0 Å². The van der Waals surface area contributed by atoms with Gasteiger partial charge in [0.2, 0.25) is 0 Å². The highest BCUT2D eigenvalue weighted by atomic mass is 16.3. The SMILES string of the molecule is CN1/C(=C/C=C/C=C/C=C/C2(O)N(C)c3ccc4ccccc4c3C2(C)C)C(C)(C)c2c1ccc1ccccc21. The van der Waals surface area contributed by atoms with Crippen LogP contribution in [0.4, 0.5) is 11.4 Å². The van der Waals surface area contributed by atoms with Crippen molar-refractivity contribution in [1.29, 1.82) is 0 Å². The molecule has 1 atom stereocenters. The van der Waals surface area contributed by atoms with Gasteiger partial charge in [-0.1, -0.05) is 119 Å². The number of hydrogen-bond donors (Lipinski definition) is 1. The summed E-state index contributed by atoms with van der Waals surface area (Å²) in [6.45, 7) is 8.87. The van der Waals surface area contributed by atoms with Crippen LogP contribution in [0.15, 0.2) is 121 Å². The van der Waals surface area contributed by atoms with Crippen molar-refractivity contribution in [3.8, 4) is 0 Å². The first kappa shape index (κ1) is 26.2. The summed E-state index contributed by atoms with van der Waals surface area (Å²) in [6, 6.07) is 25.8. The average molecular weight is 527 g/mol. The normalized spacial score (nSPS) is 22.5. The third-order valence-electron chi connectivity index (χ3n) is 9.25. The van der Waals surface area contributed by atoms with E-state index in [1.54, 1.807) is 0 Å². The number of fused-ring (bicyclic) bond motifs is 6. The number of rotatable bonds is 4. The predicted molar refractivity (Wildman–Crippen MR) is 171 cm³/mol. The third-order valence-corrected chi connectivity index (χ3v) is 9.25. The van der Waals surface area contributed by atoms with Crippen LogP contribution in [0.1, 0.15) is 38.8 Å². The lowest BCUT2D eigenvalue weighted by atomic mass is 9.75. The van der Waals surface area contributed by atoms with E-state index in [0.29, 0.717) is 0 Å². The Labute approximate surface area is 238 Å². The molecule has 0 radical (unpaired) electrons. The van der Waals surface area contributed by atoms with Crippen molar-refractivity contribution in [1.82, 2.24) is 0 Å². The fraction of sp³-hybridized carbons (Fsp3) is 0.243. The maximum atomic E-state index is 11.9. The van der Waals surface area contributed by atoms with Crippen molar-refractivity contribution in [3.63, 3.8) is 0 Å². The van der Waals surface area contributed by atoms with E-state index in [0.717, 1.165) is 5.69 Å². The molecule has 2 heterocycles. The molecular formula is C37H38N2O. The number of anilines is 2. The van der Waals surface area contributed by atoms with Gasteiger partial charge in [-0.3, -0.25) is 0 Å². The molecule has 202 valence electrons. The van der Waals surface area contributed by atoms with Crippen molar-refractivity contribution in [2.75, 3.05) is 23.9 Å². The lowest BCUT2D eigenvalue weighted by Crippen LogP contribution is -2.52. The van der Waals surface area contributed by atoms with Gasteiger partial charge in [0.15, 0.2) is 5.72 Å². The van der Waals surface area contributed by atoms with Crippen molar-refractivity contribution in [2.45, 2.75) is 44.2 Å². The Bertz CT molecular complexity index is 1750. The molecule has 0 saturated carbocycles. The van der Waals surface area contributed by atoms with Gasteiger partial charge < -0.3 is 14.9 Å². The zero-order valence-corrected chi connectivity index (χ0v) is 24.3. The number of aliphatic hydroxyl groups is 1. The summed E-state index contributed by atoms with van der Waals surface area (Å²) in [6.07, 6.45) is 14.3. The van der Waals surface area contributed by atoms with Gasteiger partial charge in [-0.2, -0.15) is 0 Å². The summed E-state index contributed by atoms with van der Waals surface area (Å²) in [4.78, 5) is 4.31. The lowest BCUT2D eigenvalue weighted by Gasteiger charge is -2.39. The first-order valence-electron chi connectivity index (χ1n) is 14.1. The van der Waals surface area contributed by atoms with Gasteiger partial charge in [0.05, 0.1) is 0 Å². The topological polar surface area (TPSA) is 26.7 Å². The molecule has 0 fully saturated rings. The van der Waals surface area contributed by atoms with E-state index in [4.69, 9.17) is 0 Å². The van der Waals surface area contributed by atoms with Gasteiger partial charge >= 0.3 is 0 Å². The lowest BCUT2D eigenvalue weighted by molar-refractivity contribution is 0.0345. The van der Waals surface area contributed by atoms with E-state index in [1.807, 2.05) is 36.3 Å². The highest BCUT2D eigenvalue weighted by Crippen LogP contribution is 2.53. The number of allylic oxidation sites excluding steroid dienone is 7. The molecule has 0 bridgehead atoms. The molecule has 40 heavy (non-hydrogen) atoms. The summed E-state index contributed by atoms with van der Waals surface area (Å²) in [5, 5.41) is 16.9. The number of likely N-dealkylation sites (N-methyl/N-ethyl adjacent to an activating group) is 2. The molecule has 3 nitrogen and oxygen atoms in total. The zero-order valence-electron chi connectivity index (χ0n) is 24.3. The van der Waals surface area contributed by atoms with Crippen LogP contribution >= 0.6 is 0 Å². The molecule has 3 heteroatoms. The summed E-state index contributed by atoms with van der Waals surface area (Å²) in [5.74, 6) is 0. The molecule has 2 aliphatic heterocycles. The van der Waals surface area contributed by atoms with Gasteiger partial charge in [0, 0.05) is 42.0 Å². The van der Waals surface area contributed by atoms with E-state index in [9.17, 15) is 5.11 Å². The number of hydrogen-bond acceptors (Lipinski definition) is 3. The number of nitrogens with zero attached hydrogens (tertiary/aromatic N) is 2. The Morgan fingerprint density at radius 1 is 0.625 bits per heavy atom. The monoisotopic (exact) mass is 526 g/mol. The van der Waals surface area contributed by atoms with Crippen molar-refractivity contribution < 1.29 is 5.11 Å². The van der Waals surface area contributed by atoms with E-state index in [2.05, 4.69) is 131 Å². The summed E-state index contributed by atoms with van der Waals surface area (Å²) in [5.41, 5.74) is 4.47. The molecule has 0 aliphatic carbocycles. The molecule has 2 aliphatic rings. The van der Waals surface area contributed by atoms with Crippen LogP contribution in [0, 0.1) is 0 Å². The first-order chi connectivity index (χ1) is 19.1. The first-order valence-corrected chi connectivity index (χ1v) is 14.1. The van der Waals surface area contributed by atoms with E-state index < -0.39 is 11.1 Å². The molecule has 0 saturated heterocycles. The van der Waals surface area contributed by atoms with Crippen molar-refractivity contribution in [2.24, 2.45) is 0 Å². The molecule has 0 spiro atoms. The minimum Gasteiger partial charge on any atom is -0.366 e. The van der Waals surface area contributed by atoms with Gasteiger partial charge in [0.1, 0.15) is 0 Å². The zero-order chi connectivity index (χ0) is 28.3. The summed E-state index contributed by atoms with van der Waals surface area (Å²) < 4.78 is 0. The Kier molecular flexibility index (Phi) is 6.05. The molecule has 4 aromatic rings. The maximum absolute atomic E-state index is 11.9. The Balaban J connectivity index is 1.22. The Morgan fingerprint density at radius 2 is 1.18 bits per heavy atom. The minimum atomic E-state index is -1.14. The summed E-state index contributed by atoms with van der Waals surface area (Å²) in [7, 11) is 4.13. The van der Waals surface area contributed by atoms with Crippen LogP contribution < -0.4 is 9.80 Å². The summed E-state index contributed by atoms with van der Waals surface area (Å²) >= 11 is 0. The third kappa shape index (κ3) is 3.68. The standard InChI is InChI=1S/C37H38N2O/c1-35(2)32(38(5)30-23-21-26-16-11-13-18-28(26)33(30)35)20-10-8-7-9-15-25-37(40)36(3,4)34-29-19-14-12-17-27(29)22-24-31(34)39(37)6/h7-25,40H,1-6H3/b9-7+,10-8+,25-15+,32-20+. The highest BCUT2D eigenvalue weighted by molar-refractivity contribution is 5.95. The van der Waals surface area contributed by atoms with Gasteiger partial charge in [0.25, 0.3) is 0 Å². The molecular weight excluding hydrogens is 488 g/mol. The predicted octanol–water partition coefficient (Wildman–Crippen LogP) is 8.39. The van der Waals surface area contributed by atoms with E-state index in [-0.39, 0.29) is 5.41 Å². The Morgan fingerprint density at radius 3 is 1.85 bits per heavy atom. The van der Waals surface area contributed by atoms with Crippen LogP contribution in [-0.2, 0) is 10.8 Å². The van der Waals surface area contributed by atoms with Crippen LogP contribution in [0.25, 0.3) is 21.5 Å². The molecule has 0 amide bonds. The largest absolute Gasteiger partial charge is 0.366 e. The molecule has 4 aromatic carbocycles. The van der Waals surface area contributed by atoms with E-state index >= 15 is 0 Å². The average Bonchev–Trinajstić information content (AvgIpc) is 3.24. The van der Waals surface area contributed by atoms with E-state index in [1.165, 1.54) is 44.1 Å². The molecule has 6 rings (SSSR count). The maximum Gasteiger partial charge on any atom is 0.166 e. The van der Waals surface area contributed by atoms with Crippen LogP contribution in [-0.4, -0.2) is 24.9 Å². The van der Waals surface area contributed by atoms with Crippen LogP contribution in [0.5, 0.6) is 0 Å². The molecule has 1 N–H and O–H groups in total. The van der Waals surface area contributed by atoms with Gasteiger partial charge in [-0.25, -0.2) is 0 Å². The van der Waals surface area contributed by atoms with Crippen molar-refractivity contribution >= 4 is 32.9 Å². The highest BCUT2D eigenvalue weighted by Gasteiger charge is 2.53. The fourth-order valence-electron chi connectivity index (χ4n) is 7.03. The van der Waals surface area contributed by atoms with Crippen molar-refractivity contribution in [3.05, 3.63) is 132 Å². The van der Waals surface area contributed by atoms with Crippen LogP contribution in [0.3, 0.4) is 0 Å².